The molecule has 4 heterocycles. The van der Waals surface area contributed by atoms with E-state index in [0.717, 1.165) is 61.1 Å². The molecule has 0 atom stereocenters. The van der Waals surface area contributed by atoms with Crippen molar-refractivity contribution in [1.29, 1.82) is 0 Å². The van der Waals surface area contributed by atoms with Crippen LogP contribution in [0.25, 0.3) is 50.5 Å². The van der Waals surface area contributed by atoms with Gasteiger partial charge in [0.1, 0.15) is 23.0 Å². The van der Waals surface area contributed by atoms with Gasteiger partial charge >= 0.3 is 0 Å². The number of aromatic nitrogens is 4. The monoisotopic (exact) mass is 942 g/mol. The van der Waals surface area contributed by atoms with E-state index in [1.807, 2.05) is 0 Å². The summed E-state index contributed by atoms with van der Waals surface area (Å²) in [6.07, 6.45) is 0. The van der Waals surface area contributed by atoms with Crippen LogP contribution in [0.5, 0.6) is 23.0 Å². The van der Waals surface area contributed by atoms with Crippen LogP contribution in [0.2, 0.25) is 0 Å². The van der Waals surface area contributed by atoms with Crippen LogP contribution in [0.3, 0.4) is 0 Å². The van der Waals surface area contributed by atoms with Gasteiger partial charge in [-0.2, -0.15) is 9.97 Å². The minimum atomic E-state index is -3.08. The Bertz CT molecular complexity index is 3780. The van der Waals surface area contributed by atoms with Crippen LogP contribution in [0.4, 0.5) is 0 Å². The summed E-state index contributed by atoms with van der Waals surface area (Å²) in [6, 6.07) is 91.1. The largest absolute Gasteiger partial charge is 0.458 e. The van der Waals surface area contributed by atoms with Gasteiger partial charge in [0.15, 0.2) is 27.8 Å². The van der Waals surface area contributed by atoms with Gasteiger partial charge in [0.05, 0.1) is 11.0 Å². The predicted octanol–water partition coefficient (Wildman–Crippen LogP) is 9.27. The van der Waals surface area contributed by atoms with Gasteiger partial charge in [-0.25, -0.2) is 4.98 Å². The highest BCUT2D eigenvalue weighted by Gasteiger charge is 2.53. The van der Waals surface area contributed by atoms with Crippen LogP contribution in [0, 0.1) is 0 Å². The minimum Gasteiger partial charge on any atom is -0.458 e. The summed E-state index contributed by atoms with van der Waals surface area (Å²) in [6.45, 7) is 0. The van der Waals surface area contributed by atoms with Gasteiger partial charge in [-0.15, -0.1) is 0 Å². The Morgan fingerprint density at radius 2 is 0.732 bits per heavy atom. The Morgan fingerprint density at radius 3 is 1.24 bits per heavy atom. The maximum Gasteiger partial charge on any atom is 0.238 e. The first-order valence-electron chi connectivity index (χ1n) is 24.0. The fraction of sp³-hybridized carbons (Fsp3) is 0. The van der Waals surface area contributed by atoms with Crippen molar-refractivity contribution in [2.45, 2.75) is 0 Å². The van der Waals surface area contributed by atoms with Gasteiger partial charge in [0.2, 0.25) is 5.95 Å². The van der Waals surface area contributed by atoms with E-state index >= 15 is 0 Å². The summed E-state index contributed by atoms with van der Waals surface area (Å²) < 4.78 is 15.8. The molecule has 2 aliphatic heterocycles. The Balaban J connectivity index is 1.04. The topological polar surface area (TPSA) is 62.1 Å². The molecule has 2 aromatic heterocycles. The number of ether oxygens (including phenoxy) is 2. The lowest BCUT2D eigenvalue weighted by atomic mass is 10.1. The van der Waals surface area contributed by atoms with Gasteiger partial charge in [-0.3, -0.25) is 4.57 Å². The molecule has 0 radical (unpaired) electrons. The number of hydrogen-bond acceptors (Lipinski definition) is 5. The molecule has 0 unspecified atom stereocenters. The van der Waals surface area contributed by atoms with Crippen LogP contribution in [0.1, 0.15) is 0 Å². The van der Waals surface area contributed by atoms with Crippen LogP contribution < -0.4 is 51.0 Å². The molecular weight excluding hydrogens is 901 g/mol. The van der Waals surface area contributed by atoms with Crippen molar-refractivity contribution in [1.82, 2.24) is 19.5 Å². The van der Waals surface area contributed by atoms with Crippen LogP contribution >= 0.6 is 0 Å². The highest BCUT2D eigenvalue weighted by atomic mass is 28.3. The molecule has 2 aliphatic rings. The summed E-state index contributed by atoms with van der Waals surface area (Å²) in [4.78, 5) is 16.5. The molecule has 10 aromatic carbocycles. The number of para-hydroxylation sites is 5. The lowest BCUT2D eigenvalue weighted by Gasteiger charge is -2.43. The van der Waals surface area contributed by atoms with Crippen LogP contribution in [0.15, 0.2) is 255 Å². The Labute approximate surface area is 412 Å². The first kappa shape index (κ1) is 41.1. The molecule has 1 spiro atoms. The lowest BCUT2D eigenvalue weighted by Crippen LogP contribution is -2.77. The molecule has 0 N–H and O–H groups in total. The summed E-state index contributed by atoms with van der Waals surface area (Å²) in [7, 11) is -5.98. The highest BCUT2D eigenvalue weighted by Crippen LogP contribution is 2.38. The van der Waals surface area contributed by atoms with E-state index in [1.54, 1.807) is 0 Å². The molecule has 0 amide bonds. The zero-order valence-electron chi connectivity index (χ0n) is 38.4. The van der Waals surface area contributed by atoms with Crippen molar-refractivity contribution in [2.75, 3.05) is 0 Å². The van der Waals surface area contributed by atoms with Crippen molar-refractivity contribution in [3.8, 4) is 51.7 Å². The van der Waals surface area contributed by atoms with Crippen molar-refractivity contribution in [3.63, 3.8) is 0 Å². The summed E-state index contributed by atoms with van der Waals surface area (Å²) in [5, 5.41) is 12.0. The van der Waals surface area contributed by atoms with Gasteiger partial charge in [-0.1, -0.05) is 206 Å². The predicted molar refractivity (Wildman–Crippen MR) is 292 cm³/mol. The maximum atomic E-state index is 6.89. The lowest BCUT2D eigenvalue weighted by molar-refractivity contribution is 0.481. The average Bonchev–Trinajstić information content (AvgIpc) is 3.78. The van der Waals surface area contributed by atoms with Crippen molar-refractivity contribution < 1.29 is 9.47 Å². The Kier molecular flexibility index (Phi) is 9.45. The molecule has 14 rings (SSSR count). The maximum absolute atomic E-state index is 6.89. The third-order valence-corrected chi connectivity index (χ3v) is 24.2. The normalized spacial score (nSPS) is 13.1. The quantitative estimate of drug-likeness (QED) is 0.118. The first-order chi connectivity index (χ1) is 35.2. The van der Waals surface area contributed by atoms with Crippen molar-refractivity contribution in [2.24, 2.45) is 0 Å². The van der Waals surface area contributed by atoms with E-state index in [2.05, 4.69) is 259 Å². The molecule has 0 saturated carbocycles. The molecule has 71 heavy (non-hydrogen) atoms. The van der Waals surface area contributed by atoms with Crippen LogP contribution in [-0.4, -0.2) is 35.7 Å². The molecular formula is C63H42N4O2Si2. The summed E-state index contributed by atoms with van der Waals surface area (Å²) in [5.41, 5.74) is 3.81. The SMILES string of the molecule is c1ccc([Si](c2ccccc2)(c2ccccc2)c2cccc(-c3nc(-c4ccc5c(c4)[Si]4(c6ccccc6Oc6ccccc64)c4ccccc4O5)nc(-n4c5ccccc5c5ccccc54)n3)c2)cc1. The van der Waals surface area contributed by atoms with Gasteiger partial charge < -0.3 is 9.47 Å². The zero-order chi connectivity index (χ0) is 46.9. The summed E-state index contributed by atoms with van der Waals surface area (Å²) >= 11 is 0. The molecule has 0 fully saturated rings. The fourth-order valence-corrected chi connectivity index (χ4v) is 21.5. The second kappa shape index (κ2) is 16.3. The standard InChI is InChI=1S/C63H42N4O2Si2/c1-4-22-45(23-5-1)70(46-24-6-2-7-25-46,47-26-8-3-9-27-47)48-28-20-21-43(41-48)61-64-62(66-63(65-61)67-51-31-12-10-29-49(51)50-30-11-13-32-52(50)67)44-39-40-56-60(42-44)71(59-38-19-16-35-55(59)69-56)57-36-17-14-33-53(57)68-54-34-15-18-37-58(54)71/h1-42H. The number of hydrogen-bond donors (Lipinski definition) is 0. The molecule has 334 valence electrons. The Hall–Kier alpha value is -8.96. The van der Waals surface area contributed by atoms with Crippen molar-refractivity contribution >= 4 is 79.4 Å². The number of fused-ring (bicyclic) bond motifs is 11. The zero-order valence-corrected chi connectivity index (χ0v) is 40.4. The second-order valence-corrected chi connectivity index (χ2v) is 25.7. The fourth-order valence-electron chi connectivity index (χ4n) is 11.6. The molecule has 8 heteroatoms. The molecule has 0 bridgehead atoms. The number of rotatable bonds is 7. The van der Waals surface area contributed by atoms with E-state index in [0.29, 0.717) is 17.6 Å². The van der Waals surface area contributed by atoms with E-state index in [1.165, 1.54) is 36.3 Å². The third-order valence-electron chi connectivity index (χ3n) is 14.5. The average molecular weight is 943 g/mol. The van der Waals surface area contributed by atoms with Crippen molar-refractivity contribution in [3.05, 3.63) is 255 Å². The van der Waals surface area contributed by atoms with E-state index in [9.17, 15) is 0 Å². The highest BCUT2D eigenvalue weighted by molar-refractivity contribution is 7.22. The van der Waals surface area contributed by atoms with E-state index < -0.39 is 16.1 Å². The minimum absolute atomic E-state index is 0.540. The van der Waals surface area contributed by atoms with E-state index in [4.69, 9.17) is 24.4 Å². The Morgan fingerprint density at radius 1 is 0.324 bits per heavy atom. The number of benzene rings is 10. The van der Waals surface area contributed by atoms with E-state index in [-0.39, 0.29) is 0 Å². The summed E-state index contributed by atoms with van der Waals surface area (Å²) in [5.74, 6) is 5.10. The molecule has 0 aliphatic carbocycles. The van der Waals surface area contributed by atoms with Gasteiger partial charge in [0.25, 0.3) is 0 Å². The van der Waals surface area contributed by atoms with Gasteiger partial charge in [-0.05, 0) is 90.0 Å². The molecule has 0 saturated heterocycles. The number of nitrogens with zero attached hydrogens (tertiary/aromatic N) is 4. The third kappa shape index (κ3) is 6.21. The smallest absolute Gasteiger partial charge is 0.238 e. The van der Waals surface area contributed by atoms with Crippen LogP contribution in [-0.2, 0) is 0 Å². The van der Waals surface area contributed by atoms with Gasteiger partial charge in [0, 0.05) is 21.9 Å². The first-order valence-corrected chi connectivity index (χ1v) is 28.0. The second-order valence-electron chi connectivity index (χ2n) is 18.2. The molecule has 12 aromatic rings. The molecule has 6 nitrogen and oxygen atoms in total.